The summed E-state index contributed by atoms with van der Waals surface area (Å²) in [7, 11) is 1.80. The Morgan fingerprint density at radius 3 is 2.38 bits per heavy atom. The van der Waals surface area contributed by atoms with E-state index in [-0.39, 0.29) is 5.91 Å². The molecule has 3 aromatic carbocycles. The van der Waals surface area contributed by atoms with E-state index in [1.54, 1.807) is 30.1 Å². The lowest BCUT2D eigenvalue weighted by Crippen LogP contribution is -2.26. The molecule has 6 nitrogen and oxygen atoms in total. The van der Waals surface area contributed by atoms with Crippen LogP contribution < -0.4 is 9.47 Å². The molecule has 0 saturated carbocycles. The minimum Gasteiger partial charge on any atom is -0.486 e. The lowest BCUT2D eigenvalue weighted by Gasteiger charge is -2.21. The van der Waals surface area contributed by atoms with E-state index >= 15 is 0 Å². The molecule has 0 spiro atoms. The van der Waals surface area contributed by atoms with Crippen LogP contribution >= 0.6 is 0 Å². The predicted molar refractivity (Wildman–Crippen MR) is 122 cm³/mol. The summed E-state index contributed by atoms with van der Waals surface area (Å²) in [5.41, 5.74) is 4.37. The van der Waals surface area contributed by atoms with E-state index in [4.69, 9.17) is 14.6 Å². The largest absolute Gasteiger partial charge is 0.486 e. The molecule has 1 aromatic heterocycles. The first kappa shape index (κ1) is 19.9. The first-order valence-corrected chi connectivity index (χ1v) is 10.5. The van der Waals surface area contributed by atoms with Gasteiger partial charge in [0, 0.05) is 36.5 Å². The van der Waals surface area contributed by atoms with Crippen LogP contribution in [0.25, 0.3) is 16.9 Å². The maximum absolute atomic E-state index is 13.2. The van der Waals surface area contributed by atoms with Crippen LogP contribution in [0.2, 0.25) is 0 Å². The van der Waals surface area contributed by atoms with Gasteiger partial charge in [-0.3, -0.25) is 4.79 Å². The van der Waals surface area contributed by atoms with Crippen molar-refractivity contribution in [1.82, 2.24) is 14.7 Å². The second kappa shape index (κ2) is 8.59. The summed E-state index contributed by atoms with van der Waals surface area (Å²) >= 11 is 0. The van der Waals surface area contributed by atoms with Crippen molar-refractivity contribution in [3.63, 3.8) is 0 Å². The smallest absolute Gasteiger partial charge is 0.254 e. The number of carbonyl (C=O) groups is 1. The quantitative estimate of drug-likeness (QED) is 0.470. The van der Waals surface area contributed by atoms with Gasteiger partial charge >= 0.3 is 0 Å². The summed E-state index contributed by atoms with van der Waals surface area (Å²) in [5, 5.41) is 4.84. The number of para-hydroxylation sites is 1. The van der Waals surface area contributed by atoms with Gasteiger partial charge in [0.15, 0.2) is 11.5 Å². The van der Waals surface area contributed by atoms with Gasteiger partial charge in [0.25, 0.3) is 5.91 Å². The van der Waals surface area contributed by atoms with Crippen molar-refractivity contribution in [2.45, 2.75) is 6.54 Å². The van der Waals surface area contributed by atoms with E-state index in [2.05, 4.69) is 0 Å². The Morgan fingerprint density at radius 2 is 1.62 bits per heavy atom. The normalized spacial score (nSPS) is 12.4. The molecule has 0 unspecified atom stereocenters. The molecule has 0 saturated heterocycles. The fourth-order valence-electron chi connectivity index (χ4n) is 3.80. The van der Waals surface area contributed by atoms with Gasteiger partial charge < -0.3 is 14.4 Å². The molecule has 1 amide bonds. The molecule has 0 atom stereocenters. The molecule has 0 radical (unpaired) electrons. The van der Waals surface area contributed by atoms with Crippen LogP contribution in [0.3, 0.4) is 0 Å². The van der Waals surface area contributed by atoms with E-state index in [1.807, 2.05) is 71.5 Å². The highest BCUT2D eigenvalue weighted by Gasteiger charge is 2.20. The summed E-state index contributed by atoms with van der Waals surface area (Å²) in [6.45, 7) is 1.43. The van der Waals surface area contributed by atoms with Crippen LogP contribution in [0.1, 0.15) is 15.9 Å². The third-order valence-electron chi connectivity index (χ3n) is 5.40. The number of hydrogen-bond acceptors (Lipinski definition) is 4. The molecule has 4 aromatic rings. The highest BCUT2D eigenvalue weighted by atomic mass is 16.6. The Kier molecular flexibility index (Phi) is 5.34. The van der Waals surface area contributed by atoms with Crippen LogP contribution in [-0.2, 0) is 6.54 Å². The van der Waals surface area contributed by atoms with Crippen molar-refractivity contribution in [2.75, 3.05) is 20.3 Å². The monoisotopic (exact) mass is 425 g/mol. The number of rotatable bonds is 5. The Labute approximate surface area is 186 Å². The highest BCUT2D eigenvalue weighted by Crippen LogP contribution is 2.31. The second-order valence-electron chi connectivity index (χ2n) is 7.67. The molecule has 160 valence electrons. The van der Waals surface area contributed by atoms with E-state index in [0.29, 0.717) is 36.8 Å². The van der Waals surface area contributed by atoms with Crippen molar-refractivity contribution >= 4 is 5.91 Å². The molecule has 0 fully saturated rings. The van der Waals surface area contributed by atoms with Crippen LogP contribution in [0.4, 0.5) is 0 Å². The number of hydrogen-bond donors (Lipinski definition) is 0. The van der Waals surface area contributed by atoms with Gasteiger partial charge in [0.2, 0.25) is 0 Å². The molecule has 0 bridgehead atoms. The average molecular weight is 425 g/mol. The molecule has 5 rings (SSSR count). The maximum atomic E-state index is 13.2. The lowest BCUT2D eigenvalue weighted by atomic mass is 10.1. The van der Waals surface area contributed by atoms with Crippen molar-refractivity contribution in [3.05, 3.63) is 96.2 Å². The maximum Gasteiger partial charge on any atom is 0.254 e. The van der Waals surface area contributed by atoms with Gasteiger partial charge in [-0.1, -0.05) is 48.5 Å². The second-order valence-corrected chi connectivity index (χ2v) is 7.67. The Bertz CT molecular complexity index is 1240. The summed E-state index contributed by atoms with van der Waals surface area (Å²) < 4.78 is 13.1. The van der Waals surface area contributed by atoms with Crippen molar-refractivity contribution in [2.24, 2.45) is 0 Å². The van der Waals surface area contributed by atoms with Crippen molar-refractivity contribution in [3.8, 4) is 28.4 Å². The number of fused-ring (bicyclic) bond motifs is 1. The van der Waals surface area contributed by atoms with Gasteiger partial charge in [0.1, 0.15) is 13.2 Å². The van der Waals surface area contributed by atoms with Gasteiger partial charge in [0.05, 0.1) is 11.4 Å². The molecule has 2 heterocycles. The van der Waals surface area contributed by atoms with Crippen molar-refractivity contribution < 1.29 is 14.3 Å². The fraction of sp³-hybridized carbons (Fsp3) is 0.154. The standard InChI is InChI=1S/C26H23N3O3/c1-28(26(30)20-12-13-23-24(16-20)32-15-14-31-23)17-21-18-29(22-10-6-3-7-11-22)27-25(21)19-8-4-2-5-9-19/h2-13,16,18H,14-15,17H2,1H3. The van der Waals surface area contributed by atoms with Gasteiger partial charge in [-0.05, 0) is 30.3 Å². The number of amides is 1. The van der Waals surface area contributed by atoms with E-state index in [0.717, 1.165) is 22.5 Å². The minimum atomic E-state index is -0.0894. The zero-order valence-electron chi connectivity index (χ0n) is 17.8. The van der Waals surface area contributed by atoms with Crippen LogP contribution in [-0.4, -0.2) is 40.8 Å². The van der Waals surface area contributed by atoms with E-state index < -0.39 is 0 Å². The van der Waals surface area contributed by atoms with Gasteiger partial charge in [-0.25, -0.2) is 4.68 Å². The summed E-state index contributed by atoms with van der Waals surface area (Å²) in [5.74, 6) is 1.19. The van der Waals surface area contributed by atoms with Crippen LogP contribution in [0.15, 0.2) is 85.1 Å². The third-order valence-corrected chi connectivity index (χ3v) is 5.40. The molecule has 0 aliphatic carbocycles. The molecule has 1 aliphatic rings. The van der Waals surface area contributed by atoms with Gasteiger partial charge in [-0.15, -0.1) is 0 Å². The average Bonchev–Trinajstić information content (AvgIpc) is 3.28. The Balaban J connectivity index is 1.45. The number of aromatic nitrogens is 2. The Hall–Kier alpha value is -4.06. The molecule has 6 heteroatoms. The van der Waals surface area contributed by atoms with Crippen LogP contribution in [0.5, 0.6) is 11.5 Å². The molecular weight excluding hydrogens is 402 g/mol. The van der Waals surface area contributed by atoms with Crippen molar-refractivity contribution in [1.29, 1.82) is 0 Å². The van der Waals surface area contributed by atoms with E-state index in [1.165, 1.54) is 0 Å². The number of carbonyl (C=O) groups excluding carboxylic acids is 1. The van der Waals surface area contributed by atoms with E-state index in [9.17, 15) is 4.79 Å². The zero-order valence-corrected chi connectivity index (χ0v) is 17.8. The SMILES string of the molecule is CN(Cc1cn(-c2ccccc2)nc1-c1ccccc1)C(=O)c1ccc2c(c1)OCCO2. The number of ether oxygens (including phenoxy) is 2. The molecule has 0 N–H and O–H groups in total. The summed E-state index contributed by atoms with van der Waals surface area (Å²) in [4.78, 5) is 14.9. The third kappa shape index (κ3) is 3.95. The first-order valence-electron chi connectivity index (χ1n) is 10.5. The molecule has 32 heavy (non-hydrogen) atoms. The molecular formula is C26H23N3O3. The summed E-state index contributed by atoms with van der Waals surface area (Å²) in [6.07, 6.45) is 1.99. The lowest BCUT2D eigenvalue weighted by molar-refractivity contribution is 0.0784. The topological polar surface area (TPSA) is 56.6 Å². The molecule has 1 aliphatic heterocycles. The number of nitrogens with zero attached hydrogens (tertiary/aromatic N) is 3. The minimum absolute atomic E-state index is 0.0894. The van der Waals surface area contributed by atoms with Gasteiger partial charge in [-0.2, -0.15) is 5.10 Å². The fourth-order valence-corrected chi connectivity index (χ4v) is 3.80. The number of benzene rings is 3. The summed E-state index contributed by atoms with van der Waals surface area (Å²) in [6, 6.07) is 25.3. The Morgan fingerprint density at radius 1 is 0.938 bits per heavy atom. The zero-order chi connectivity index (χ0) is 21.9. The van der Waals surface area contributed by atoms with Crippen LogP contribution in [0, 0.1) is 0 Å². The predicted octanol–water partition coefficient (Wildman–Crippen LogP) is 4.58. The highest BCUT2D eigenvalue weighted by molar-refractivity contribution is 5.94. The first-order chi connectivity index (χ1) is 15.7.